The fourth-order valence-corrected chi connectivity index (χ4v) is 2.97. The van der Waals surface area contributed by atoms with Crippen molar-refractivity contribution in [2.75, 3.05) is 18.5 Å². The van der Waals surface area contributed by atoms with Gasteiger partial charge in [0.15, 0.2) is 0 Å². The van der Waals surface area contributed by atoms with E-state index in [0.29, 0.717) is 4.47 Å². The molecule has 1 amide bonds. The molecular formula is C13H15BrN2O3. The summed E-state index contributed by atoms with van der Waals surface area (Å²) < 4.78 is 0.697. The van der Waals surface area contributed by atoms with Gasteiger partial charge in [0.25, 0.3) is 0 Å². The van der Waals surface area contributed by atoms with Gasteiger partial charge in [-0.1, -0.05) is 0 Å². The van der Waals surface area contributed by atoms with Crippen molar-refractivity contribution in [1.82, 2.24) is 5.32 Å². The molecule has 1 unspecified atom stereocenters. The minimum absolute atomic E-state index is 0.00767. The highest BCUT2D eigenvalue weighted by Gasteiger charge is 2.31. The Kier molecular flexibility index (Phi) is 4.09. The highest BCUT2D eigenvalue weighted by Crippen LogP contribution is 2.32. The number of carbonyl (C=O) groups excluding carboxylic acids is 1. The number of nitrogens with one attached hydrogen (secondary N) is 1. The highest BCUT2D eigenvalue weighted by molar-refractivity contribution is 9.10. The van der Waals surface area contributed by atoms with Crippen molar-refractivity contribution in [2.24, 2.45) is 0 Å². The van der Waals surface area contributed by atoms with E-state index in [1.807, 2.05) is 4.90 Å². The van der Waals surface area contributed by atoms with E-state index in [0.717, 1.165) is 25.1 Å². The average Bonchev–Trinajstić information content (AvgIpc) is 2.86. The van der Waals surface area contributed by atoms with Crippen molar-refractivity contribution in [3.05, 3.63) is 28.2 Å². The molecule has 5 nitrogen and oxygen atoms in total. The number of amides is 1. The van der Waals surface area contributed by atoms with Crippen LogP contribution in [-0.4, -0.2) is 36.6 Å². The number of halogens is 1. The molecule has 1 atom stereocenters. The second kappa shape index (κ2) is 5.61. The number of benzene rings is 1. The highest BCUT2D eigenvalue weighted by atomic mass is 79.9. The molecule has 0 saturated carbocycles. The normalized spacial score (nSPS) is 18.4. The van der Waals surface area contributed by atoms with Crippen molar-refractivity contribution >= 4 is 33.5 Å². The van der Waals surface area contributed by atoms with Gasteiger partial charge in [0.05, 0.1) is 11.3 Å². The lowest BCUT2D eigenvalue weighted by Gasteiger charge is -2.26. The maximum Gasteiger partial charge on any atom is 0.335 e. The van der Waals surface area contributed by atoms with E-state index in [1.54, 1.807) is 25.2 Å². The van der Waals surface area contributed by atoms with Crippen LogP contribution in [0.15, 0.2) is 22.7 Å². The molecule has 19 heavy (non-hydrogen) atoms. The number of rotatable bonds is 3. The standard InChI is InChI=1S/C13H15BrN2O3/c1-15-12(17)11-3-2-6-16(11)10-5-4-8(13(18)19)7-9(10)14/h4-5,7,11H,2-3,6H2,1H3,(H,15,17)(H,18,19). The lowest BCUT2D eigenvalue weighted by atomic mass is 10.1. The van der Waals surface area contributed by atoms with Gasteiger partial charge in [-0.25, -0.2) is 4.79 Å². The summed E-state index contributed by atoms with van der Waals surface area (Å²) in [6, 6.07) is 4.69. The molecule has 2 N–H and O–H groups in total. The van der Waals surface area contributed by atoms with Gasteiger partial charge in [-0.15, -0.1) is 0 Å². The zero-order chi connectivity index (χ0) is 14.0. The van der Waals surface area contributed by atoms with Crippen molar-refractivity contribution in [3.63, 3.8) is 0 Å². The van der Waals surface area contributed by atoms with Crippen LogP contribution in [0.25, 0.3) is 0 Å². The number of carbonyl (C=O) groups is 2. The number of carboxylic acid groups (broad SMARTS) is 1. The third-order valence-electron chi connectivity index (χ3n) is 3.31. The smallest absolute Gasteiger partial charge is 0.335 e. The topological polar surface area (TPSA) is 69.6 Å². The number of carboxylic acids is 1. The Hall–Kier alpha value is -1.56. The fourth-order valence-electron chi connectivity index (χ4n) is 2.37. The number of likely N-dealkylation sites (N-methyl/N-ethyl adjacent to an activating group) is 1. The molecule has 0 aromatic heterocycles. The predicted molar refractivity (Wildman–Crippen MR) is 75.5 cm³/mol. The van der Waals surface area contributed by atoms with Gasteiger partial charge in [0, 0.05) is 18.1 Å². The van der Waals surface area contributed by atoms with E-state index in [9.17, 15) is 9.59 Å². The molecule has 2 rings (SSSR count). The third kappa shape index (κ3) is 2.73. The summed E-state index contributed by atoms with van der Waals surface area (Å²) in [4.78, 5) is 24.7. The van der Waals surface area contributed by atoms with Gasteiger partial charge in [0.1, 0.15) is 6.04 Å². The Labute approximate surface area is 119 Å². The molecule has 0 radical (unpaired) electrons. The molecule has 6 heteroatoms. The predicted octanol–water partition coefficient (Wildman–Crippen LogP) is 1.86. The Balaban J connectivity index is 2.31. The molecule has 0 aliphatic carbocycles. The third-order valence-corrected chi connectivity index (χ3v) is 3.94. The summed E-state index contributed by atoms with van der Waals surface area (Å²) in [7, 11) is 1.63. The molecule has 1 aliphatic rings. The SMILES string of the molecule is CNC(=O)C1CCCN1c1ccc(C(=O)O)cc1Br. The second-order valence-electron chi connectivity index (χ2n) is 4.44. The first-order chi connectivity index (χ1) is 9.04. The largest absolute Gasteiger partial charge is 0.478 e. The minimum Gasteiger partial charge on any atom is -0.478 e. The molecule has 1 fully saturated rings. The van der Waals surface area contributed by atoms with Gasteiger partial charge < -0.3 is 15.3 Å². The van der Waals surface area contributed by atoms with Gasteiger partial charge in [0.2, 0.25) is 5.91 Å². The number of hydrogen-bond acceptors (Lipinski definition) is 3. The molecule has 0 bridgehead atoms. The molecule has 1 aromatic carbocycles. The number of hydrogen-bond donors (Lipinski definition) is 2. The summed E-state index contributed by atoms with van der Waals surface area (Å²) >= 11 is 3.39. The van der Waals surface area contributed by atoms with Gasteiger partial charge in [-0.05, 0) is 47.0 Å². The molecule has 0 spiro atoms. The first-order valence-electron chi connectivity index (χ1n) is 6.05. The zero-order valence-corrected chi connectivity index (χ0v) is 12.1. The molecule has 1 aliphatic heterocycles. The van der Waals surface area contributed by atoms with Crippen LogP contribution in [-0.2, 0) is 4.79 Å². The molecule has 102 valence electrons. The monoisotopic (exact) mass is 326 g/mol. The zero-order valence-electron chi connectivity index (χ0n) is 10.5. The Morgan fingerprint density at radius 2 is 2.21 bits per heavy atom. The number of aromatic carboxylic acids is 1. The van der Waals surface area contributed by atoms with Crippen LogP contribution in [0.1, 0.15) is 23.2 Å². The molecule has 1 heterocycles. The first-order valence-corrected chi connectivity index (χ1v) is 6.85. The van der Waals surface area contributed by atoms with Gasteiger partial charge >= 0.3 is 5.97 Å². The lowest BCUT2D eigenvalue weighted by Crippen LogP contribution is -2.42. The first kappa shape index (κ1) is 13.9. The van der Waals surface area contributed by atoms with Crippen LogP contribution in [0.5, 0.6) is 0 Å². The Morgan fingerprint density at radius 1 is 1.47 bits per heavy atom. The summed E-state index contributed by atoms with van der Waals surface area (Å²) in [6.45, 7) is 0.795. The van der Waals surface area contributed by atoms with Crippen LogP contribution >= 0.6 is 15.9 Å². The molecule has 1 aromatic rings. The van der Waals surface area contributed by atoms with Crippen molar-refractivity contribution in [2.45, 2.75) is 18.9 Å². The van der Waals surface area contributed by atoms with Crippen LogP contribution in [0.2, 0.25) is 0 Å². The average molecular weight is 327 g/mol. The number of anilines is 1. The maximum absolute atomic E-state index is 11.8. The summed E-state index contributed by atoms with van der Waals surface area (Å²) in [5, 5.41) is 11.6. The summed E-state index contributed by atoms with van der Waals surface area (Å²) in [5.74, 6) is -0.969. The summed E-state index contributed by atoms with van der Waals surface area (Å²) in [6.07, 6.45) is 1.76. The fraction of sp³-hybridized carbons (Fsp3) is 0.385. The van der Waals surface area contributed by atoms with E-state index in [1.165, 1.54) is 0 Å². The van der Waals surface area contributed by atoms with Crippen LogP contribution < -0.4 is 10.2 Å². The maximum atomic E-state index is 11.8. The van der Waals surface area contributed by atoms with E-state index >= 15 is 0 Å². The van der Waals surface area contributed by atoms with Crippen LogP contribution in [0.4, 0.5) is 5.69 Å². The lowest BCUT2D eigenvalue weighted by molar-refractivity contribution is -0.121. The minimum atomic E-state index is -0.962. The van der Waals surface area contributed by atoms with Crippen molar-refractivity contribution in [1.29, 1.82) is 0 Å². The van der Waals surface area contributed by atoms with E-state index < -0.39 is 5.97 Å². The van der Waals surface area contributed by atoms with Crippen LogP contribution in [0.3, 0.4) is 0 Å². The summed E-state index contributed by atoms with van der Waals surface area (Å²) in [5.41, 5.74) is 1.09. The molecule has 1 saturated heterocycles. The molecular weight excluding hydrogens is 312 g/mol. The Bertz CT molecular complexity index is 519. The van der Waals surface area contributed by atoms with E-state index in [-0.39, 0.29) is 17.5 Å². The van der Waals surface area contributed by atoms with Crippen molar-refractivity contribution in [3.8, 4) is 0 Å². The Morgan fingerprint density at radius 3 is 2.79 bits per heavy atom. The van der Waals surface area contributed by atoms with Gasteiger partial charge in [-0.2, -0.15) is 0 Å². The van der Waals surface area contributed by atoms with Crippen molar-refractivity contribution < 1.29 is 14.7 Å². The second-order valence-corrected chi connectivity index (χ2v) is 5.29. The number of nitrogens with zero attached hydrogens (tertiary/aromatic N) is 1. The van der Waals surface area contributed by atoms with E-state index in [2.05, 4.69) is 21.2 Å². The van der Waals surface area contributed by atoms with Crippen LogP contribution in [0, 0.1) is 0 Å². The quantitative estimate of drug-likeness (QED) is 0.889. The van der Waals surface area contributed by atoms with Gasteiger partial charge in [-0.3, -0.25) is 4.79 Å². The van der Waals surface area contributed by atoms with E-state index in [4.69, 9.17) is 5.11 Å².